The van der Waals surface area contributed by atoms with Gasteiger partial charge in [-0.3, -0.25) is 4.79 Å². The Balaban J connectivity index is 4.62. The highest BCUT2D eigenvalue weighted by Crippen LogP contribution is 2.11. The van der Waals surface area contributed by atoms with Crippen LogP contribution in [0.15, 0.2) is 5.16 Å². The van der Waals surface area contributed by atoms with Crippen LogP contribution in [0, 0.1) is 0 Å². The first-order valence-electron chi connectivity index (χ1n) is 4.70. The van der Waals surface area contributed by atoms with Crippen molar-refractivity contribution in [3.8, 4) is 0 Å². The molecule has 0 aromatic rings. The van der Waals surface area contributed by atoms with Gasteiger partial charge in [0, 0.05) is 13.7 Å². The van der Waals surface area contributed by atoms with Crippen LogP contribution < -0.4 is 5.73 Å². The summed E-state index contributed by atoms with van der Waals surface area (Å²) in [5, 5.41) is 11.2. The van der Waals surface area contributed by atoms with Gasteiger partial charge in [0.25, 0.3) is 5.91 Å². The Morgan fingerprint density at radius 1 is 1.60 bits per heavy atom. The first-order chi connectivity index (χ1) is 6.88. The summed E-state index contributed by atoms with van der Waals surface area (Å²) in [5.41, 5.74) is 4.44. The third kappa shape index (κ3) is 3.75. The summed E-state index contributed by atoms with van der Waals surface area (Å²) in [6, 6.07) is 0. The summed E-state index contributed by atoms with van der Waals surface area (Å²) in [5.74, 6) is -0.198. The molecule has 6 heteroatoms. The minimum atomic E-state index is -0.897. The highest BCUT2D eigenvalue weighted by atomic mass is 16.5. The predicted octanol–water partition coefficient (Wildman–Crippen LogP) is 0.00630. The second-order valence-corrected chi connectivity index (χ2v) is 3.63. The molecule has 0 heterocycles. The number of carbonyl (C=O) groups is 1. The zero-order valence-corrected chi connectivity index (χ0v) is 9.65. The Hall–Kier alpha value is -1.30. The van der Waals surface area contributed by atoms with E-state index >= 15 is 0 Å². The van der Waals surface area contributed by atoms with Gasteiger partial charge in [-0.15, -0.1) is 0 Å². The molecule has 0 rings (SSSR count). The van der Waals surface area contributed by atoms with Crippen LogP contribution in [0.1, 0.15) is 20.8 Å². The molecule has 1 amide bonds. The Morgan fingerprint density at radius 3 is 2.47 bits per heavy atom. The van der Waals surface area contributed by atoms with Gasteiger partial charge in [0.1, 0.15) is 5.60 Å². The Morgan fingerprint density at radius 2 is 2.13 bits per heavy atom. The second kappa shape index (κ2) is 5.55. The van der Waals surface area contributed by atoms with E-state index in [1.54, 1.807) is 13.8 Å². The fourth-order valence-electron chi connectivity index (χ4n) is 1.02. The molecule has 0 radical (unpaired) electrons. The SMILES string of the molecule is CCN(CC(N)=NO)C(=O)C(C)(C)OC. The number of likely N-dealkylation sites (N-methyl/N-ethyl adjacent to an activating group) is 1. The minimum absolute atomic E-state index is 0.00268. The number of hydrogen-bond donors (Lipinski definition) is 2. The van der Waals surface area contributed by atoms with E-state index in [-0.39, 0.29) is 18.3 Å². The number of nitrogens with two attached hydrogens (primary N) is 1. The van der Waals surface area contributed by atoms with E-state index in [0.29, 0.717) is 6.54 Å². The van der Waals surface area contributed by atoms with Crippen molar-refractivity contribution in [3.63, 3.8) is 0 Å². The quantitative estimate of drug-likeness (QED) is 0.294. The molecule has 0 bridgehead atoms. The molecule has 0 unspecified atom stereocenters. The molecule has 0 aliphatic heterocycles. The second-order valence-electron chi connectivity index (χ2n) is 3.63. The van der Waals surface area contributed by atoms with Gasteiger partial charge in [-0.1, -0.05) is 5.16 Å². The normalized spacial score (nSPS) is 12.7. The van der Waals surface area contributed by atoms with Crippen molar-refractivity contribution < 1.29 is 14.7 Å². The molecular weight excluding hydrogens is 198 g/mol. The minimum Gasteiger partial charge on any atom is -0.409 e. The standard InChI is InChI=1S/C9H19N3O3/c1-5-12(6-7(10)11-14)8(13)9(2,3)15-4/h14H,5-6H2,1-4H3,(H2,10,11). The molecule has 0 atom stereocenters. The lowest BCUT2D eigenvalue weighted by Crippen LogP contribution is -2.49. The highest BCUT2D eigenvalue weighted by Gasteiger charge is 2.31. The van der Waals surface area contributed by atoms with Crippen molar-refractivity contribution in [3.05, 3.63) is 0 Å². The Kier molecular flexibility index (Phi) is 5.07. The molecule has 3 N–H and O–H groups in total. The fourth-order valence-corrected chi connectivity index (χ4v) is 1.02. The van der Waals surface area contributed by atoms with Gasteiger partial charge >= 0.3 is 0 Å². The molecule has 0 saturated heterocycles. The van der Waals surface area contributed by atoms with Gasteiger partial charge in [0.05, 0.1) is 6.54 Å². The summed E-state index contributed by atoms with van der Waals surface area (Å²) in [4.78, 5) is 13.3. The summed E-state index contributed by atoms with van der Waals surface area (Å²) in [6.07, 6.45) is 0. The van der Waals surface area contributed by atoms with Gasteiger partial charge in [0.15, 0.2) is 5.84 Å². The summed E-state index contributed by atoms with van der Waals surface area (Å²) >= 11 is 0. The molecule has 0 aliphatic carbocycles. The number of methoxy groups -OCH3 is 1. The van der Waals surface area contributed by atoms with Crippen LogP contribution in [0.2, 0.25) is 0 Å². The summed E-state index contributed by atoms with van der Waals surface area (Å²) in [7, 11) is 1.47. The maximum absolute atomic E-state index is 11.9. The lowest BCUT2D eigenvalue weighted by Gasteiger charge is -2.29. The molecule has 0 aromatic carbocycles. The van der Waals surface area contributed by atoms with Gasteiger partial charge in [-0.2, -0.15) is 0 Å². The first-order valence-corrected chi connectivity index (χ1v) is 4.70. The number of amidine groups is 1. The van der Waals surface area contributed by atoms with Gasteiger partial charge < -0.3 is 20.6 Å². The summed E-state index contributed by atoms with van der Waals surface area (Å²) in [6.45, 7) is 5.73. The van der Waals surface area contributed by atoms with Crippen molar-refractivity contribution in [2.75, 3.05) is 20.2 Å². The average Bonchev–Trinajstić information content (AvgIpc) is 2.24. The van der Waals surface area contributed by atoms with Gasteiger partial charge in [-0.05, 0) is 20.8 Å². The van der Waals surface area contributed by atoms with Crippen LogP contribution in [0.5, 0.6) is 0 Å². The number of nitrogens with zero attached hydrogens (tertiary/aromatic N) is 2. The third-order valence-corrected chi connectivity index (χ3v) is 2.18. The molecule has 0 fully saturated rings. The predicted molar refractivity (Wildman–Crippen MR) is 56.8 cm³/mol. The molecule has 0 aromatic heterocycles. The number of oxime groups is 1. The van der Waals surface area contributed by atoms with Crippen LogP contribution in [-0.4, -0.2) is 47.7 Å². The van der Waals surface area contributed by atoms with Crippen molar-refractivity contribution in [2.24, 2.45) is 10.9 Å². The smallest absolute Gasteiger partial charge is 0.254 e. The third-order valence-electron chi connectivity index (χ3n) is 2.18. The molecule has 0 spiro atoms. The zero-order valence-electron chi connectivity index (χ0n) is 9.65. The van der Waals surface area contributed by atoms with E-state index in [0.717, 1.165) is 0 Å². The molecule has 0 aliphatic rings. The van der Waals surface area contributed by atoms with E-state index in [9.17, 15) is 4.79 Å². The lowest BCUT2D eigenvalue weighted by atomic mass is 10.1. The number of hydrogen-bond acceptors (Lipinski definition) is 4. The maximum Gasteiger partial charge on any atom is 0.254 e. The number of carbonyl (C=O) groups excluding carboxylic acids is 1. The maximum atomic E-state index is 11.9. The van der Waals surface area contributed by atoms with E-state index in [1.165, 1.54) is 12.0 Å². The summed E-state index contributed by atoms with van der Waals surface area (Å²) < 4.78 is 5.06. The zero-order chi connectivity index (χ0) is 12.1. The Bertz CT molecular complexity index is 251. The van der Waals surface area contributed by atoms with Crippen molar-refractivity contribution in [1.29, 1.82) is 0 Å². The van der Waals surface area contributed by atoms with E-state index in [2.05, 4.69) is 5.16 Å². The monoisotopic (exact) mass is 217 g/mol. The number of ether oxygens (including phenoxy) is 1. The molecule has 15 heavy (non-hydrogen) atoms. The van der Waals surface area contributed by atoms with Gasteiger partial charge in [0.2, 0.25) is 0 Å². The van der Waals surface area contributed by atoms with E-state index < -0.39 is 5.60 Å². The number of rotatable bonds is 5. The van der Waals surface area contributed by atoms with Crippen molar-refractivity contribution >= 4 is 11.7 Å². The average molecular weight is 217 g/mol. The van der Waals surface area contributed by atoms with Crippen molar-refractivity contribution in [1.82, 2.24) is 4.90 Å². The topological polar surface area (TPSA) is 88.1 Å². The van der Waals surface area contributed by atoms with E-state index in [4.69, 9.17) is 15.7 Å². The fraction of sp³-hybridized carbons (Fsp3) is 0.778. The van der Waals surface area contributed by atoms with Crippen LogP contribution in [-0.2, 0) is 9.53 Å². The largest absolute Gasteiger partial charge is 0.409 e. The molecule has 6 nitrogen and oxygen atoms in total. The van der Waals surface area contributed by atoms with Crippen LogP contribution in [0.25, 0.3) is 0 Å². The van der Waals surface area contributed by atoms with Crippen LogP contribution >= 0.6 is 0 Å². The number of amides is 1. The lowest BCUT2D eigenvalue weighted by molar-refractivity contribution is -0.150. The van der Waals surface area contributed by atoms with Crippen LogP contribution in [0.4, 0.5) is 0 Å². The first kappa shape index (κ1) is 13.7. The molecule has 0 saturated carbocycles. The van der Waals surface area contributed by atoms with Gasteiger partial charge in [-0.25, -0.2) is 0 Å². The van der Waals surface area contributed by atoms with E-state index in [1.807, 2.05) is 6.92 Å². The molecular formula is C9H19N3O3. The Labute approximate surface area is 89.7 Å². The molecule has 88 valence electrons. The van der Waals surface area contributed by atoms with Crippen LogP contribution in [0.3, 0.4) is 0 Å². The van der Waals surface area contributed by atoms with Crippen molar-refractivity contribution in [2.45, 2.75) is 26.4 Å². The highest BCUT2D eigenvalue weighted by molar-refractivity contribution is 5.90.